The van der Waals surface area contributed by atoms with Crippen LogP contribution in [0.4, 0.5) is 5.82 Å². The summed E-state index contributed by atoms with van der Waals surface area (Å²) in [4.78, 5) is 62.0. The molecule has 8 atom stereocenters. The van der Waals surface area contributed by atoms with Crippen molar-refractivity contribution >= 4 is 33.4 Å². The number of carbonyl (C=O) groups is 2. The summed E-state index contributed by atoms with van der Waals surface area (Å²) < 4.78 is 56.8. The van der Waals surface area contributed by atoms with Gasteiger partial charge in [-0.3, -0.25) is 23.2 Å². The first-order valence-electron chi connectivity index (χ1n) is 27.0. The molecule has 19 nitrogen and oxygen atoms in total. The number of nitrogens with two attached hydrogens (primary N) is 1. The second kappa shape index (κ2) is 39.3. The molecule has 0 spiro atoms. The summed E-state index contributed by atoms with van der Waals surface area (Å²) in [6, 6.07) is 1.24. The molecule has 2 heterocycles. The van der Waals surface area contributed by atoms with E-state index in [2.05, 4.69) is 23.1 Å². The largest absolute Gasteiger partial charge is 0.481 e. The van der Waals surface area contributed by atoms with E-state index in [4.69, 9.17) is 29.0 Å². The maximum atomic E-state index is 12.9. The van der Waals surface area contributed by atoms with Gasteiger partial charge >= 0.3 is 33.3 Å². The maximum Gasteiger partial charge on any atom is 0.481 e. The van der Waals surface area contributed by atoms with E-state index in [1.54, 1.807) is 6.08 Å². The van der Waals surface area contributed by atoms with Crippen LogP contribution in [0.3, 0.4) is 0 Å². The van der Waals surface area contributed by atoms with Crippen molar-refractivity contribution in [2.75, 3.05) is 25.6 Å². The Balaban J connectivity index is 1.78. The molecule has 0 aromatic carbocycles. The molecule has 0 radical (unpaired) electrons. The summed E-state index contributed by atoms with van der Waals surface area (Å²) in [5, 5.41) is 30.9. The van der Waals surface area contributed by atoms with Crippen molar-refractivity contribution in [1.82, 2.24) is 9.55 Å². The lowest BCUT2D eigenvalue weighted by Gasteiger charge is -2.21. The van der Waals surface area contributed by atoms with Gasteiger partial charge in [0.25, 0.3) is 0 Å². The molecule has 1 aliphatic heterocycles. The van der Waals surface area contributed by atoms with Crippen LogP contribution < -0.4 is 11.4 Å². The normalized spacial score (nSPS) is 19.7. The fraction of sp³-hybridized carbons (Fsp3) is 0.769. The Morgan fingerprint density at radius 1 is 0.753 bits per heavy atom. The van der Waals surface area contributed by atoms with Gasteiger partial charge in [-0.2, -0.15) is 9.29 Å². The van der Waals surface area contributed by atoms with Crippen LogP contribution in [0.15, 0.2) is 53.5 Å². The Hall–Kier alpha value is -3.06. The lowest BCUT2D eigenvalue weighted by molar-refractivity contribution is -0.161. The number of aliphatic hydroxyl groups excluding tert-OH is 3. The fourth-order valence-electron chi connectivity index (χ4n) is 8.06. The topological polar surface area (TPSA) is 286 Å². The number of carbonyl (C=O) groups excluding carboxylic acids is 2. The molecule has 73 heavy (non-hydrogen) atoms. The summed E-state index contributed by atoms with van der Waals surface area (Å²) in [6.45, 7) is 4.27. The van der Waals surface area contributed by atoms with Crippen LogP contribution in [-0.4, -0.2) is 96.9 Å². The molecule has 1 aliphatic rings. The zero-order valence-corrected chi connectivity index (χ0v) is 45.8. The number of anilines is 1. The third-order valence-corrected chi connectivity index (χ3v) is 14.8. The van der Waals surface area contributed by atoms with Gasteiger partial charge in [0, 0.05) is 19.0 Å². The van der Waals surface area contributed by atoms with E-state index in [0.717, 1.165) is 80.9 Å². The SMILES string of the molecule is CC/C=C/CC(O)/C=C/C=C/CCCCCCCC(=O)OC[C@H](COP(=O)(O)OP(=O)(O)OC[C@H]1O[C@@H](n2ccc(N)nc2=O)[C@H](O)[C@@H]1O)OC(=O)CCCCCCCCCCCCCCCCCCC(C)C. The number of rotatable bonds is 44. The number of nitrogens with zero attached hydrogens (tertiary/aromatic N) is 2. The number of hydrogen-bond donors (Lipinski definition) is 6. The standard InChI is InChI=1S/C52H91N3O16P2/c1-4-5-27-33-43(56)34-29-24-20-16-14-18-21-25-30-35-47(57)66-39-44(69-48(58)36-31-26-22-17-13-11-9-7-6-8-10-12-15-19-23-28-32-42(2)3)40-67-72(62,63)71-73(64,65)68-41-45-49(59)50(60)51(70-45)55-38-37-46(53)54-52(55)61/h5,20,24,27,29,34,37-38,42-45,49-51,56,59-60H,4,6-19,21-23,25-26,28,30-33,35-36,39-41H2,1-3H3,(H,62,63)(H,64,65)(H2,53,54,61)/b24-20+,27-5+,34-29+/t43?,44-,45-,49-,50-,51-/m1/s1. The predicted molar refractivity (Wildman–Crippen MR) is 281 cm³/mol. The molecule has 0 aliphatic carbocycles. The highest BCUT2D eigenvalue weighted by atomic mass is 31.3. The van der Waals surface area contributed by atoms with E-state index in [1.165, 1.54) is 83.1 Å². The van der Waals surface area contributed by atoms with Crippen LogP contribution in [0, 0.1) is 5.92 Å². The molecular formula is C52H91N3O16P2. The molecular weight excluding hydrogens is 985 g/mol. The first kappa shape index (κ1) is 66.1. The van der Waals surface area contributed by atoms with E-state index in [9.17, 15) is 48.6 Å². The Labute approximate surface area is 434 Å². The summed E-state index contributed by atoms with van der Waals surface area (Å²) in [5.41, 5.74) is 4.59. The number of phosphoric acid groups is 2. The molecule has 1 fully saturated rings. The Kier molecular flexibility index (Phi) is 35.6. The van der Waals surface area contributed by atoms with E-state index in [1.807, 2.05) is 37.3 Å². The van der Waals surface area contributed by atoms with Gasteiger partial charge in [0.05, 0.1) is 19.3 Å². The van der Waals surface area contributed by atoms with Crippen LogP contribution in [-0.2, 0) is 46.3 Å². The number of esters is 2. The number of nitrogen functional groups attached to an aromatic ring is 1. The van der Waals surface area contributed by atoms with E-state index < -0.39 is 89.8 Å². The molecule has 0 bridgehead atoms. The van der Waals surface area contributed by atoms with Crippen molar-refractivity contribution in [3.63, 3.8) is 0 Å². The molecule has 21 heteroatoms. The number of unbranched alkanes of at least 4 members (excludes halogenated alkanes) is 20. The number of ether oxygens (including phenoxy) is 3. The van der Waals surface area contributed by atoms with E-state index >= 15 is 0 Å². The highest BCUT2D eigenvalue weighted by molar-refractivity contribution is 7.61. The molecule has 1 saturated heterocycles. The van der Waals surface area contributed by atoms with Crippen LogP contribution >= 0.6 is 15.6 Å². The smallest absolute Gasteiger partial charge is 0.462 e. The number of allylic oxidation sites excluding steroid dienone is 4. The van der Waals surface area contributed by atoms with Gasteiger partial charge in [-0.1, -0.05) is 179 Å². The fourth-order valence-corrected chi connectivity index (χ4v) is 10.2. The quantitative estimate of drug-likeness (QED) is 0.0116. The molecule has 0 amide bonds. The molecule has 7 N–H and O–H groups in total. The summed E-state index contributed by atoms with van der Waals surface area (Å²) >= 11 is 0. The van der Waals surface area contributed by atoms with Gasteiger partial charge in [0.1, 0.15) is 30.7 Å². The van der Waals surface area contributed by atoms with E-state index in [-0.39, 0.29) is 18.7 Å². The second-order valence-electron chi connectivity index (χ2n) is 19.4. The minimum absolute atomic E-state index is 0.0377. The number of hydrogen-bond acceptors (Lipinski definition) is 16. The van der Waals surface area contributed by atoms with Gasteiger partial charge in [0.15, 0.2) is 12.3 Å². The number of phosphoric ester groups is 2. The lowest BCUT2D eigenvalue weighted by Crippen LogP contribution is -2.36. The van der Waals surface area contributed by atoms with Gasteiger partial charge in [-0.05, 0) is 50.5 Å². The third kappa shape index (κ3) is 32.9. The monoisotopic (exact) mass is 1080 g/mol. The van der Waals surface area contributed by atoms with Gasteiger partial charge in [0.2, 0.25) is 0 Å². The first-order chi connectivity index (χ1) is 34.9. The summed E-state index contributed by atoms with van der Waals surface area (Å²) in [6.07, 6.45) is 31.2. The van der Waals surface area contributed by atoms with Gasteiger partial charge < -0.3 is 45.1 Å². The first-order valence-corrected chi connectivity index (χ1v) is 30.0. The van der Waals surface area contributed by atoms with Gasteiger partial charge in [-0.15, -0.1) is 0 Å². The number of aromatic nitrogens is 2. The highest BCUT2D eigenvalue weighted by Gasteiger charge is 2.46. The van der Waals surface area contributed by atoms with Crippen LogP contribution in [0.2, 0.25) is 0 Å². The third-order valence-electron chi connectivity index (χ3n) is 12.2. The predicted octanol–water partition coefficient (Wildman–Crippen LogP) is 10.4. The van der Waals surface area contributed by atoms with Crippen molar-refractivity contribution < 1.29 is 71.4 Å². The Bertz CT molecular complexity index is 1900. The summed E-state index contributed by atoms with van der Waals surface area (Å²) in [5.74, 6) is -0.542. The summed E-state index contributed by atoms with van der Waals surface area (Å²) in [7, 11) is -10.9. The average molecular weight is 1080 g/mol. The average Bonchev–Trinajstić information content (AvgIpc) is 3.61. The second-order valence-corrected chi connectivity index (χ2v) is 22.4. The molecule has 2 rings (SSSR count). The minimum Gasteiger partial charge on any atom is -0.462 e. The molecule has 0 saturated carbocycles. The van der Waals surface area contributed by atoms with Crippen LogP contribution in [0.1, 0.15) is 200 Å². The molecule has 1 aromatic heterocycles. The van der Waals surface area contributed by atoms with Crippen molar-refractivity contribution in [2.45, 2.75) is 231 Å². The lowest BCUT2D eigenvalue weighted by atomic mass is 10.0. The molecule has 3 unspecified atom stereocenters. The molecule has 420 valence electrons. The van der Waals surface area contributed by atoms with Crippen molar-refractivity contribution in [3.8, 4) is 0 Å². The van der Waals surface area contributed by atoms with Crippen molar-refractivity contribution in [1.29, 1.82) is 0 Å². The van der Waals surface area contributed by atoms with Crippen molar-refractivity contribution in [3.05, 3.63) is 59.2 Å². The maximum absolute atomic E-state index is 12.9. The zero-order chi connectivity index (χ0) is 53.7. The van der Waals surface area contributed by atoms with Crippen LogP contribution in [0.25, 0.3) is 0 Å². The Morgan fingerprint density at radius 2 is 1.30 bits per heavy atom. The van der Waals surface area contributed by atoms with Crippen LogP contribution in [0.5, 0.6) is 0 Å². The van der Waals surface area contributed by atoms with Gasteiger partial charge in [-0.25, -0.2) is 13.9 Å². The molecule has 1 aromatic rings. The number of aliphatic hydroxyl groups is 3. The zero-order valence-electron chi connectivity index (χ0n) is 44.0. The van der Waals surface area contributed by atoms with E-state index in [0.29, 0.717) is 19.3 Å². The Morgan fingerprint density at radius 3 is 1.88 bits per heavy atom. The highest BCUT2D eigenvalue weighted by Crippen LogP contribution is 2.60. The van der Waals surface area contributed by atoms with Crippen molar-refractivity contribution in [2.24, 2.45) is 5.92 Å². The minimum atomic E-state index is -5.44.